The maximum Gasteiger partial charge on any atom is 0.354 e. The monoisotopic (exact) mass is 291 g/mol. The van der Waals surface area contributed by atoms with Crippen molar-refractivity contribution in [3.63, 3.8) is 0 Å². The number of aryl methyl sites for hydroxylation is 1. The number of benzene rings is 1. The molecule has 21 heavy (non-hydrogen) atoms. The number of aromatic carboxylic acids is 1. The zero-order chi connectivity index (χ0) is 15.7. The van der Waals surface area contributed by atoms with Crippen molar-refractivity contribution in [1.29, 1.82) is 0 Å². The molecular weight excluding hydrogens is 277 g/mol. The number of hydrogen-bond donors (Lipinski definition) is 1. The molecule has 0 saturated heterocycles. The van der Waals surface area contributed by atoms with Gasteiger partial charge in [0, 0.05) is 19.7 Å². The van der Waals surface area contributed by atoms with E-state index >= 15 is 0 Å². The van der Waals surface area contributed by atoms with E-state index in [1.165, 1.54) is 23.1 Å². The van der Waals surface area contributed by atoms with Gasteiger partial charge < -0.3 is 10.0 Å². The Morgan fingerprint density at radius 2 is 1.95 bits per heavy atom. The Labute approximate surface area is 120 Å². The largest absolute Gasteiger partial charge is 0.477 e. The fraction of sp³-hybridized carbons (Fsp3) is 0.214. The lowest BCUT2D eigenvalue weighted by Crippen LogP contribution is -2.22. The van der Waals surface area contributed by atoms with Gasteiger partial charge in [-0.3, -0.25) is 4.79 Å². The maximum atomic E-state index is 14.2. The van der Waals surface area contributed by atoms with Crippen molar-refractivity contribution >= 4 is 11.9 Å². The second-order valence-electron chi connectivity index (χ2n) is 4.75. The number of rotatable bonds is 3. The Hall–Kier alpha value is -2.70. The summed E-state index contributed by atoms with van der Waals surface area (Å²) in [6, 6.07) is 5.19. The van der Waals surface area contributed by atoms with E-state index in [1.807, 2.05) is 0 Å². The average Bonchev–Trinajstić information content (AvgIpc) is 2.79. The molecule has 1 aromatic carbocycles. The van der Waals surface area contributed by atoms with E-state index in [1.54, 1.807) is 21.0 Å². The first kappa shape index (κ1) is 14.7. The number of carbonyl (C=O) groups is 2. The molecule has 0 aliphatic carbocycles. The van der Waals surface area contributed by atoms with Gasteiger partial charge in [-0.1, -0.05) is 0 Å². The second-order valence-corrected chi connectivity index (χ2v) is 4.75. The Morgan fingerprint density at radius 3 is 2.48 bits per heavy atom. The highest BCUT2D eigenvalue weighted by Gasteiger charge is 2.18. The Balaban J connectivity index is 2.52. The van der Waals surface area contributed by atoms with Crippen LogP contribution in [0.3, 0.4) is 0 Å². The van der Waals surface area contributed by atoms with Crippen molar-refractivity contribution in [2.45, 2.75) is 6.92 Å². The predicted octanol–water partition coefficient (Wildman–Crippen LogP) is 1.72. The zero-order valence-corrected chi connectivity index (χ0v) is 11.8. The van der Waals surface area contributed by atoms with Crippen LogP contribution in [0.15, 0.2) is 24.3 Å². The van der Waals surface area contributed by atoms with Gasteiger partial charge in [0.1, 0.15) is 11.5 Å². The van der Waals surface area contributed by atoms with Gasteiger partial charge in [0.05, 0.1) is 5.69 Å². The Morgan fingerprint density at radius 1 is 1.29 bits per heavy atom. The van der Waals surface area contributed by atoms with Gasteiger partial charge in [0.25, 0.3) is 5.91 Å². The summed E-state index contributed by atoms with van der Waals surface area (Å²) in [6.45, 7) is 1.62. The molecule has 110 valence electrons. The molecule has 2 rings (SSSR count). The minimum absolute atomic E-state index is 0.0178. The summed E-state index contributed by atoms with van der Waals surface area (Å²) in [4.78, 5) is 24.2. The zero-order valence-electron chi connectivity index (χ0n) is 11.8. The van der Waals surface area contributed by atoms with Crippen molar-refractivity contribution < 1.29 is 19.1 Å². The topological polar surface area (TPSA) is 75.4 Å². The SMILES string of the molecule is Cc1cc(C(=O)O)n(-c2ccc(C(=O)N(C)C)cc2F)n1. The lowest BCUT2D eigenvalue weighted by Gasteiger charge is -2.12. The normalized spacial score (nSPS) is 10.5. The van der Waals surface area contributed by atoms with Gasteiger partial charge in [-0.25, -0.2) is 13.9 Å². The molecule has 1 N–H and O–H groups in total. The molecule has 0 saturated carbocycles. The van der Waals surface area contributed by atoms with Crippen molar-refractivity contribution in [1.82, 2.24) is 14.7 Å². The van der Waals surface area contributed by atoms with Gasteiger partial charge in [-0.15, -0.1) is 0 Å². The lowest BCUT2D eigenvalue weighted by molar-refractivity contribution is 0.0686. The van der Waals surface area contributed by atoms with Crippen molar-refractivity contribution in [2.75, 3.05) is 14.1 Å². The van der Waals surface area contributed by atoms with Crippen LogP contribution in [0.25, 0.3) is 5.69 Å². The van der Waals surface area contributed by atoms with E-state index in [9.17, 15) is 14.0 Å². The molecule has 6 nitrogen and oxygen atoms in total. The van der Waals surface area contributed by atoms with Gasteiger partial charge in [0.15, 0.2) is 5.69 Å². The summed E-state index contributed by atoms with van der Waals surface area (Å²) in [5.41, 5.74) is 0.483. The quantitative estimate of drug-likeness (QED) is 0.934. The summed E-state index contributed by atoms with van der Waals surface area (Å²) in [6.07, 6.45) is 0. The van der Waals surface area contributed by atoms with E-state index in [-0.39, 0.29) is 22.9 Å². The molecule has 0 atom stereocenters. The van der Waals surface area contributed by atoms with Crippen LogP contribution in [-0.4, -0.2) is 45.8 Å². The highest BCUT2D eigenvalue weighted by atomic mass is 19.1. The van der Waals surface area contributed by atoms with Crippen LogP contribution in [0, 0.1) is 12.7 Å². The van der Waals surface area contributed by atoms with Crippen LogP contribution in [0.5, 0.6) is 0 Å². The van der Waals surface area contributed by atoms with Gasteiger partial charge in [-0.05, 0) is 31.2 Å². The first-order valence-electron chi connectivity index (χ1n) is 6.13. The third-order valence-electron chi connectivity index (χ3n) is 2.88. The smallest absolute Gasteiger partial charge is 0.354 e. The van der Waals surface area contributed by atoms with Crippen LogP contribution < -0.4 is 0 Å². The third kappa shape index (κ3) is 2.76. The molecule has 1 heterocycles. The third-order valence-corrected chi connectivity index (χ3v) is 2.88. The molecule has 0 radical (unpaired) electrons. The first-order valence-corrected chi connectivity index (χ1v) is 6.13. The number of hydrogen-bond acceptors (Lipinski definition) is 3. The molecule has 0 unspecified atom stereocenters. The summed E-state index contributed by atoms with van der Waals surface area (Å²) in [5.74, 6) is -2.26. The lowest BCUT2D eigenvalue weighted by atomic mass is 10.1. The number of aromatic nitrogens is 2. The average molecular weight is 291 g/mol. The maximum absolute atomic E-state index is 14.2. The van der Waals surface area contributed by atoms with Gasteiger partial charge in [-0.2, -0.15) is 5.10 Å². The molecule has 0 aliphatic heterocycles. The van der Waals surface area contributed by atoms with E-state index in [2.05, 4.69) is 5.10 Å². The number of amides is 1. The van der Waals surface area contributed by atoms with Crippen molar-refractivity contribution in [2.24, 2.45) is 0 Å². The first-order chi connectivity index (χ1) is 9.81. The van der Waals surface area contributed by atoms with Crippen LogP contribution in [-0.2, 0) is 0 Å². The fourth-order valence-corrected chi connectivity index (χ4v) is 1.91. The van der Waals surface area contributed by atoms with E-state index in [0.717, 1.165) is 10.7 Å². The van der Waals surface area contributed by atoms with E-state index < -0.39 is 11.8 Å². The van der Waals surface area contributed by atoms with E-state index in [4.69, 9.17) is 5.11 Å². The minimum atomic E-state index is -1.21. The molecule has 0 fully saturated rings. The summed E-state index contributed by atoms with van der Waals surface area (Å²) >= 11 is 0. The number of nitrogens with zero attached hydrogens (tertiary/aromatic N) is 3. The fourth-order valence-electron chi connectivity index (χ4n) is 1.91. The molecule has 1 aromatic heterocycles. The molecule has 0 bridgehead atoms. The molecule has 1 amide bonds. The van der Waals surface area contributed by atoms with Crippen LogP contribution in [0.2, 0.25) is 0 Å². The number of carboxylic acid groups (broad SMARTS) is 1. The Bertz CT molecular complexity index is 722. The predicted molar refractivity (Wildman–Crippen MR) is 73.2 cm³/mol. The number of halogens is 1. The van der Waals surface area contributed by atoms with Crippen LogP contribution >= 0.6 is 0 Å². The molecule has 7 heteroatoms. The van der Waals surface area contributed by atoms with Gasteiger partial charge >= 0.3 is 5.97 Å². The summed E-state index contributed by atoms with van der Waals surface area (Å²) < 4.78 is 15.2. The van der Waals surface area contributed by atoms with Crippen LogP contribution in [0.1, 0.15) is 26.5 Å². The minimum Gasteiger partial charge on any atom is -0.477 e. The Kier molecular flexibility index (Phi) is 3.75. The standard InChI is InChI=1S/C14H14FN3O3/c1-8-6-12(14(20)21)18(16-8)11-5-4-9(7-10(11)15)13(19)17(2)3/h4-7H,1-3H3,(H,20,21). The van der Waals surface area contributed by atoms with E-state index in [0.29, 0.717) is 5.69 Å². The number of carboxylic acids is 1. The summed E-state index contributed by atoms with van der Waals surface area (Å²) in [5, 5.41) is 13.1. The highest BCUT2D eigenvalue weighted by Crippen LogP contribution is 2.18. The molecule has 0 aliphatic rings. The van der Waals surface area contributed by atoms with Crippen molar-refractivity contribution in [3.8, 4) is 5.69 Å². The summed E-state index contributed by atoms with van der Waals surface area (Å²) in [7, 11) is 3.13. The van der Waals surface area contributed by atoms with Crippen LogP contribution in [0.4, 0.5) is 4.39 Å². The molecule has 2 aromatic rings. The van der Waals surface area contributed by atoms with Crippen molar-refractivity contribution in [3.05, 3.63) is 47.0 Å². The van der Waals surface area contributed by atoms with Gasteiger partial charge in [0.2, 0.25) is 0 Å². The molecule has 0 spiro atoms. The highest BCUT2D eigenvalue weighted by molar-refractivity contribution is 5.94. The number of carbonyl (C=O) groups excluding carboxylic acids is 1. The second kappa shape index (κ2) is 5.35. The molecular formula is C14H14FN3O3.